The van der Waals surface area contributed by atoms with E-state index < -0.39 is 23.7 Å². The van der Waals surface area contributed by atoms with Crippen LogP contribution in [0.15, 0.2) is 30.5 Å². The molecule has 1 aromatic heterocycles. The van der Waals surface area contributed by atoms with E-state index in [4.69, 9.17) is 15.9 Å². The predicted molar refractivity (Wildman–Crippen MR) is 145 cm³/mol. The molecule has 38 heavy (non-hydrogen) atoms. The standard InChI is InChI=1S/C28H42N6O4/c1-28(2,3)38-24(35)18-32-22(15-19-9-5-4-6-10-19)27(37)34-14-8-7-11-23(34)26(36)33-17-20-12-13-21(25(29)30)31-16-20/h7-8,12-13,16,19,22-23,32H,4-6,9-11,14-15,17-18H2,1-3H3,(H3,29,30)(H,33,36). The lowest BCUT2D eigenvalue weighted by molar-refractivity contribution is -0.154. The van der Waals surface area contributed by atoms with Crippen molar-refractivity contribution in [2.24, 2.45) is 11.7 Å². The van der Waals surface area contributed by atoms with E-state index in [0.717, 1.165) is 31.2 Å². The van der Waals surface area contributed by atoms with Gasteiger partial charge in [0, 0.05) is 19.3 Å². The summed E-state index contributed by atoms with van der Waals surface area (Å²) in [5, 5.41) is 13.5. The number of nitrogens with zero attached hydrogens (tertiary/aromatic N) is 2. The maximum atomic E-state index is 13.8. The van der Waals surface area contributed by atoms with E-state index in [1.165, 1.54) is 6.42 Å². The zero-order valence-electron chi connectivity index (χ0n) is 22.8. The highest BCUT2D eigenvalue weighted by Crippen LogP contribution is 2.28. The van der Waals surface area contributed by atoms with Crippen LogP contribution in [0.25, 0.3) is 0 Å². The molecule has 1 aliphatic heterocycles. The smallest absolute Gasteiger partial charge is 0.320 e. The highest BCUT2D eigenvalue weighted by molar-refractivity contribution is 5.93. The van der Waals surface area contributed by atoms with Crippen LogP contribution in [0, 0.1) is 11.3 Å². The van der Waals surface area contributed by atoms with Crippen molar-refractivity contribution in [3.8, 4) is 0 Å². The molecule has 0 saturated heterocycles. The van der Waals surface area contributed by atoms with Crippen molar-refractivity contribution in [2.45, 2.75) is 89.9 Å². The van der Waals surface area contributed by atoms with Crippen molar-refractivity contribution in [2.75, 3.05) is 13.1 Å². The average molecular weight is 527 g/mol. The van der Waals surface area contributed by atoms with E-state index in [0.29, 0.717) is 31.0 Å². The molecule has 1 aliphatic carbocycles. The fourth-order valence-corrected chi connectivity index (χ4v) is 4.97. The summed E-state index contributed by atoms with van der Waals surface area (Å²) in [6, 6.07) is 2.17. The number of amidine groups is 1. The van der Waals surface area contributed by atoms with Crippen molar-refractivity contribution in [3.05, 3.63) is 41.7 Å². The summed E-state index contributed by atoms with van der Waals surface area (Å²) < 4.78 is 5.43. The molecule has 0 radical (unpaired) electrons. The number of ether oxygens (including phenoxy) is 1. The number of aromatic nitrogens is 1. The Kier molecular flexibility index (Phi) is 10.4. The van der Waals surface area contributed by atoms with E-state index in [1.54, 1.807) is 23.2 Å². The Morgan fingerprint density at radius 1 is 1.18 bits per heavy atom. The van der Waals surface area contributed by atoms with Crippen LogP contribution in [-0.2, 0) is 25.7 Å². The lowest BCUT2D eigenvalue weighted by Gasteiger charge is -2.36. The molecule has 2 aliphatic rings. The maximum absolute atomic E-state index is 13.8. The van der Waals surface area contributed by atoms with Gasteiger partial charge in [-0.05, 0) is 51.2 Å². The molecular weight excluding hydrogens is 484 g/mol. The minimum atomic E-state index is -0.644. The molecule has 2 atom stereocenters. The molecule has 0 bridgehead atoms. The molecule has 5 N–H and O–H groups in total. The van der Waals surface area contributed by atoms with Gasteiger partial charge in [-0.1, -0.05) is 50.3 Å². The number of carbonyl (C=O) groups is 3. The first kappa shape index (κ1) is 29.3. The number of carbonyl (C=O) groups excluding carboxylic acids is 3. The Morgan fingerprint density at radius 2 is 1.92 bits per heavy atom. The van der Waals surface area contributed by atoms with E-state index in [-0.39, 0.29) is 30.7 Å². The molecule has 1 aromatic rings. The normalized spacial score (nSPS) is 19.0. The van der Waals surface area contributed by atoms with Gasteiger partial charge in [0.25, 0.3) is 0 Å². The number of nitrogens with two attached hydrogens (primary N) is 1. The number of hydrogen-bond donors (Lipinski definition) is 4. The molecule has 0 aromatic carbocycles. The molecule has 0 spiro atoms. The summed E-state index contributed by atoms with van der Waals surface area (Å²) >= 11 is 0. The second-order valence-electron chi connectivity index (χ2n) is 11.2. The Morgan fingerprint density at radius 3 is 2.55 bits per heavy atom. The highest BCUT2D eigenvalue weighted by atomic mass is 16.6. The SMILES string of the molecule is CC(C)(C)OC(=O)CNC(CC1CCCCC1)C(=O)N1CC=CCC1C(=O)NCc1ccc(C(=N)N)nc1. The van der Waals surface area contributed by atoms with Gasteiger partial charge in [0.1, 0.15) is 23.2 Å². The van der Waals surface area contributed by atoms with Crippen LogP contribution in [0.3, 0.4) is 0 Å². The van der Waals surface area contributed by atoms with Crippen molar-refractivity contribution >= 4 is 23.6 Å². The molecule has 10 heteroatoms. The van der Waals surface area contributed by atoms with Crippen LogP contribution < -0.4 is 16.4 Å². The van der Waals surface area contributed by atoms with Crippen LogP contribution >= 0.6 is 0 Å². The largest absolute Gasteiger partial charge is 0.459 e. The lowest BCUT2D eigenvalue weighted by atomic mass is 9.84. The molecular formula is C28H42N6O4. The van der Waals surface area contributed by atoms with E-state index in [1.807, 2.05) is 32.9 Å². The van der Waals surface area contributed by atoms with Gasteiger partial charge in [-0.3, -0.25) is 30.1 Å². The molecule has 2 unspecified atom stereocenters. The molecule has 1 saturated carbocycles. The number of pyridine rings is 1. The van der Waals surface area contributed by atoms with Crippen LogP contribution in [0.4, 0.5) is 0 Å². The Labute approximate surface area is 225 Å². The molecule has 2 heterocycles. The Bertz CT molecular complexity index is 1010. The van der Waals surface area contributed by atoms with Gasteiger partial charge in [-0.15, -0.1) is 0 Å². The third kappa shape index (κ3) is 8.93. The zero-order chi connectivity index (χ0) is 27.7. The summed E-state index contributed by atoms with van der Waals surface area (Å²) in [6.07, 6.45) is 12.1. The van der Waals surface area contributed by atoms with Gasteiger partial charge in [0.15, 0.2) is 0 Å². The molecule has 10 nitrogen and oxygen atoms in total. The third-order valence-electron chi connectivity index (χ3n) is 6.86. The first-order chi connectivity index (χ1) is 18.0. The second kappa shape index (κ2) is 13.5. The van der Waals surface area contributed by atoms with Crippen molar-refractivity contribution in [3.63, 3.8) is 0 Å². The van der Waals surface area contributed by atoms with Gasteiger partial charge in [0.05, 0.1) is 12.6 Å². The van der Waals surface area contributed by atoms with Crippen LogP contribution in [-0.4, -0.2) is 64.3 Å². The van der Waals surface area contributed by atoms with Gasteiger partial charge in [-0.25, -0.2) is 0 Å². The van der Waals surface area contributed by atoms with Crippen LogP contribution in [0.2, 0.25) is 0 Å². The number of nitrogen functional groups attached to an aromatic ring is 1. The van der Waals surface area contributed by atoms with Crippen LogP contribution in [0.1, 0.15) is 77.0 Å². The van der Waals surface area contributed by atoms with Gasteiger partial charge in [0.2, 0.25) is 11.8 Å². The minimum Gasteiger partial charge on any atom is -0.459 e. The van der Waals surface area contributed by atoms with Gasteiger partial charge >= 0.3 is 5.97 Å². The van der Waals surface area contributed by atoms with Gasteiger partial charge in [-0.2, -0.15) is 0 Å². The third-order valence-corrected chi connectivity index (χ3v) is 6.86. The number of nitrogens with one attached hydrogen (secondary N) is 3. The summed E-state index contributed by atoms with van der Waals surface area (Å²) in [5.41, 5.74) is 5.98. The number of hydrogen-bond acceptors (Lipinski definition) is 7. The number of rotatable bonds is 10. The molecule has 208 valence electrons. The first-order valence-electron chi connectivity index (χ1n) is 13.5. The summed E-state index contributed by atoms with van der Waals surface area (Å²) in [4.78, 5) is 45.1. The summed E-state index contributed by atoms with van der Waals surface area (Å²) in [7, 11) is 0. The van der Waals surface area contributed by atoms with Crippen molar-refractivity contribution in [1.82, 2.24) is 20.5 Å². The maximum Gasteiger partial charge on any atom is 0.320 e. The number of amides is 2. The van der Waals surface area contributed by atoms with E-state index >= 15 is 0 Å². The lowest BCUT2D eigenvalue weighted by Crippen LogP contribution is -2.56. The van der Waals surface area contributed by atoms with Crippen molar-refractivity contribution in [1.29, 1.82) is 5.41 Å². The summed E-state index contributed by atoms with van der Waals surface area (Å²) in [6.45, 7) is 5.95. The van der Waals surface area contributed by atoms with Gasteiger partial charge < -0.3 is 20.7 Å². The minimum absolute atomic E-state index is 0.0653. The fourth-order valence-electron chi connectivity index (χ4n) is 4.97. The van der Waals surface area contributed by atoms with Crippen molar-refractivity contribution < 1.29 is 19.1 Å². The monoisotopic (exact) mass is 526 g/mol. The summed E-state index contributed by atoms with van der Waals surface area (Å²) in [5.74, 6) is -0.539. The topological polar surface area (TPSA) is 150 Å². The second-order valence-corrected chi connectivity index (χ2v) is 11.2. The molecule has 1 fully saturated rings. The first-order valence-corrected chi connectivity index (χ1v) is 13.5. The highest BCUT2D eigenvalue weighted by Gasteiger charge is 2.35. The zero-order valence-corrected chi connectivity index (χ0v) is 22.8. The van der Waals surface area contributed by atoms with Crippen LogP contribution in [0.5, 0.6) is 0 Å². The molecule has 3 rings (SSSR count). The quantitative estimate of drug-likeness (QED) is 0.158. The van der Waals surface area contributed by atoms with E-state index in [2.05, 4.69) is 15.6 Å². The fraction of sp³-hybridized carbons (Fsp3) is 0.607. The Hall–Kier alpha value is -3.27. The predicted octanol–water partition coefficient (Wildman–Crippen LogP) is 2.41. The average Bonchev–Trinajstić information content (AvgIpc) is 2.89. The Balaban J connectivity index is 1.67. The number of esters is 1. The molecule has 2 amide bonds. The van der Waals surface area contributed by atoms with E-state index in [9.17, 15) is 14.4 Å².